The predicted molar refractivity (Wildman–Crippen MR) is 114 cm³/mol. The summed E-state index contributed by atoms with van der Waals surface area (Å²) in [5.41, 5.74) is 3.64. The van der Waals surface area contributed by atoms with Crippen LogP contribution in [0.1, 0.15) is 15.9 Å². The Morgan fingerprint density at radius 3 is 2.17 bits per heavy atom. The third-order valence-electron chi connectivity index (χ3n) is 4.94. The van der Waals surface area contributed by atoms with Crippen molar-refractivity contribution >= 4 is 26.8 Å². The number of sulfonamides is 1. The average Bonchev–Trinajstić information content (AvgIpc) is 3.02. The minimum Gasteiger partial charge on any atom is -0.343 e. The Kier molecular flexibility index (Phi) is 4.72. The molecule has 146 valence electrons. The Labute approximate surface area is 169 Å². The highest BCUT2D eigenvalue weighted by atomic mass is 32.2. The minimum atomic E-state index is -3.99. The normalized spacial score (nSPS) is 11.5. The standard InChI is InChI=1S/C23H20N2O3S/c1-16-12-14-18(15-13-16)29(27,28)24-23(26)21-19-10-6-7-11-20(19)25(2)22(21)17-8-4-3-5-9-17/h3-15H,1-2H3,(H,24,26). The molecule has 5 nitrogen and oxygen atoms in total. The molecule has 0 bridgehead atoms. The molecule has 0 radical (unpaired) electrons. The van der Waals surface area contributed by atoms with Crippen molar-refractivity contribution in [3.8, 4) is 11.3 Å². The number of nitrogens with zero attached hydrogens (tertiary/aromatic N) is 1. The van der Waals surface area contributed by atoms with Crippen molar-refractivity contribution in [2.24, 2.45) is 7.05 Å². The van der Waals surface area contributed by atoms with E-state index in [1.807, 2.05) is 73.1 Å². The maximum Gasteiger partial charge on any atom is 0.267 e. The van der Waals surface area contributed by atoms with Crippen molar-refractivity contribution in [1.82, 2.24) is 9.29 Å². The lowest BCUT2D eigenvalue weighted by molar-refractivity contribution is 0.0983. The number of rotatable bonds is 4. The number of nitrogens with one attached hydrogen (secondary N) is 1. The average molecular weight is 404 g/mol. The summed E-state index contributed by atoms with van der Waals surface area (Å²) in [4.78, 5) is 13.3. The lowest BCUT2D eigenvalue weighted by Gasteiger charge is -2.10. The number of benzene rings is 3. The second kappa shape index (κ2) is 7.22. The molecule has 1 heterocycles. The van der Waals surface area contributed by atoms with Gasteiger partial charge >= 0.3 is 0 Å². The van der Waals surface area contributed by atoms with Gasteiger partial charge in [-0.3, -0.25) is 4.79 Å². The molecule has 29 heavy (non-hydrogen) atoms. The van der Waals surface area contributed by atoms with Gasteiger partial charge in [0.2, 0.25) is 0 Å². The van der Waals surface area contributed by atoms with Crippen molar-refractivity contribution in [2.75, 3.05) is 0 Å². The Morgan fingerprint density at radius 2 is 1.48 bits per heavy atom. The van der Waals surface area contributed by atoms with E-state index in [1.165, 1.54) is 12.1 Å². The zero-order chi connectivity index (χ0) is 20.6. The van der Waals surface area contributed by atoms with E-state index >= 15 is 0 Å². The van der Waals surface area contributed by atoms with Gasteiger partial charge in [0.1, 0.15) is 0 Å². The summed E-state index contributed by atoms with van der Waals surface area (Å²) in [5, 5.41) is 0.699. The summed E-state index contributed by atoms with van der Waals surface area (Å²) in [5.74, 6) is -0.652. The van der Waals surface area contributed by atoms with Gasteiger partial charge in [-0.1, -0.05) is 66.2 Å². The molecule has 0 spiro atoms. The molecular weight excluding hydrogens is 384 g/mol. The van der Waals surface area contributed by atoms with Crippen LogP contribution in [0.2, 0.25) is 0 Å². The van der Waals surface area contributed by atoms with Crippen LogP contribution >= 0.6 is 0 Å². The molecule has 1 N–H and O–H groups in total. The summed E-state index contributed by atoms with van der Waals surface area (Å²) < 4.78 is 29.7. The Morgan fingerprint density at radius 1 is 0.862 bits per heavy atom. The smallest absolute Gasteiger partial charge is 0.267 e. The lowest BCUT2D eigenvalue weighted by atomic mass is 10.0. The van der Waals surface area contributed by atoms with Gasteiger partial charge in [0.15, 0.2) is 0 Å². The molecule has 0 aliphatic carbocycles. The molecule has 3 aromatic carbocycles. The monoisotopic (exact) mass is 404 g/mol. The van der Waals surface area contributed by atoms with Gasteiger partial charge in [0.25, 0.3) is 15.9 Å². The number of para-hydroxylation sites is 1. The maximum absolute atomic E-state index is 13.2. The molecule has 0 unspecified atom stereocenters. The van der Waals surface area contributed by atoms with E-state index in [0.717, 1.165) is 16.6 Å². The second-order valence-electron chi connectivity index (χ2n) is 6.91. The number of hydrogen-bond acceptors (Lipinski definition) is 3. The second-order valence-corrected chi connectivity index (χ2v) is 8.60. The highest BCUT2D eigenvalue weighted by Crippen LogP contribution is 2.33. The number of aryl methyl sites for hydroxylation is 2. The molecule has 0 saturated carbocycles. The van der Waals surface area contributed by atoms with Gasteiger partial charge in [-0.25, -0.2) is 13.1 Å². The maximum atomic E-state index is 13.2. The number of hydrogen-bond donors (Lipinski definition) is 1. The zero-order valence-electron chi connectivity index (χ0n) is 16.1. The van der Waals surface area contributed by atoms with Gasteiger partial charge < -0.3 is 4.57 Å². The quantitative estimate of drug-likeness (QED) is 0.552. The molecule has 1 aromatic heterocycles. The van der Waals surface area contributed by atoms with Gasteiger partial charge in [-0.15, -0.1) is 0 Å². The minimum absolute atomic E-state index is 0.0537. The summed E-state index contributed by atoms with van der Waals surface area (Å²) in [6.07, 6.45) is 0. The predicted octanol–water partition coefficient (Wildman–Crippen LogP) is 4.27. The summed E-state index contributed by atoms with van der Waals surface area (Å²) in [7, 11) is -2.12. The van der Waals surface area contributed by atoms with Crippen LogP contribution in [-0.2, 0) is 17.1 Å². The van der Waals surface area contributed by atoms with Crippen molar-refractivity contribution in [2.45, 2.75) is 11.8 Å². The first-order valence-electron chi connectivity index (χ1n) is 9.15. The van der Waals surface area contributed by atoms with E-state index < -0.39 is 15.9 Å². The Balaban J connectivity index is 1.85. The van der Waals surface area contributed by atoms with Crippen LogP contribution in [0.5, 0.6) is 0 Å². The molecular formula is C23H20N2O3S. The number of amides is 1. The number of fused-ring (bicyclic) bond motifs is 1. The fourth-order valence-corrected chi connectivity index (χ4v) is 4.46. The van der Waals surface area contributed by atoms with Crippen molar-refractivity contribution in [1.29, 1.82) is 0 Å². The third-order valence-corrected chi connectivity index (χ3v) is 6.29. The molecule has 0 saturated heterocycles. The largest absolute Gasteiger partial charge is 0.343 e. The highest BCUT2D eigenvalue weighted by Gasteiger charge is 2.26. The number of aromatic nitrogens is 1. The summed E-state index contributed by atoms with van der Waals surface area (Å²) in [6, 6.07) is 23.3. The van der Waals surface area contributed by atoms with Crippen LogP contribution in [0.4, 0.5) is 0 Å². The molecule has 6 heteroatoms. The molecule has 0 fully saturated rings. The topological polar surface area (TPSA) is 68.2 Å². The zero-order valence-corrected chi connectivity index (χ0v) is 16.9. The van der Waals surface area contributed by atoms with E-state index in [0.29, 0.717) is 16.6 Å². The number of carbonyl (C=O) groups excluding carboxylic acids is 1. The molecule has 4 rings (SSSR count). The lowest BCUT2D eigenvalue weighted by Crippen LogP contribution is -2.31. The highest BCUT2D eigenvalue weighted by molar-refractivity contribution is 7.90. The van der Waals surface area contributed by atoms with E-state index in [9.17, 15) is 13.2 Å². The molecule has 1 amide bonds. The van der Waals surface area contributed by atoms with E-state index in [-0.39, 0.29) is 4.90 Å². The van der Waals surface area contributed by atoms with Crippen LogP contribution in [0.3, 0.4) is 0 Å². The number of carbonyl (C=O) groups is 1. The van der Waals surface area contributed by atoms with Gasteiger partial charge in [0.05, 0.1) is 16.2 Å². The van der Waals surface area contributed by atoms with Crippen LogP contribution < -0.4 is 4.72 Å². The summed E-state index contributed by atoms with van der Waals surface area (Å²) >= 11 is 0. The van der Waals surface area contributed by atoms with E-state index in [2.05, 4.69) is 4.72 Å². The van der Waals surface area contributed by atoms with Crippen LogP contribution in [0.15, 0.2) is 83.8 Å². The van der Waals surface area contributed by atoms with Crippen molar-refractivity contribution in [3.05, 3.63) is 90.0 Å². The van der Waals surface area contributed by atoms with Gasteiger partial charge in [0, 0.05) is 18.0 Å². The molecule has 4 aromatic rings. The van der Waals surface area contributed by atoms with Crippen LogP contribution in [0, 0.1) is 6.92 Å². The first kappa shape index (κ1) is 19.0. The first-order chi connectivity index (χ1) is 13.9. The summed E-state index contributed by atoms with van der Waals surface area (Å²) in [6.45, 7) is 1.87. The molecule has 0 aliphatic rings. The van der Waals surface area contributed by atoms with Crippen molar-refractivity contribution < 1.29 is 13.2 Å². The fourth-order valence-electron chi connectivity index (χ4n) is 3.51. The molecule has 0 atom stereocenters. The van der Waals surface area contributed by atoms with Gasteiger partial charge in [-0.2, -0.15) is 0 Å². The SMILES string of the molecule is Cc1ccc(S(=O)(=O)NC(=O)c2c(-c3ccccc3)n(C)c3ccccc23)cc1. The van der Waals surface area contributed by atoms with Gasteiger partial charge in [-0.05, 0) is 30.7 Å². The first-order valence-corrected chi connectivity index (χ1v) is 10.6. The Bertz CT molecular complexity index is 1310. The third kappa shape index (κ3) is 3.43. The van der Waals surface area contributed by atoms with Crippen molar-refractivity contribution in [3.63, 3.8) is 0 Å². The van der Waals surface area contributed by atoms with Crippen LogP contribution in [0.25, 0.3) is 22.2 Å². The van der Waals surface area contributed by atoms with E-state index in [4.69, 9.17) is 0 Å². The Hall–Kier alpha value is -3.38. The fraction of sp³-hybridized carbons (Fsp3) is 0.0870. The van der Waals surface area contributed by atoms with E-state index in [1.54, 1.807) is 12.1 Å². The van der Waals surface area contributed by atoms with Crippen LogP contribution in [-0.4, -0.2) is 18.9 Å². The molecule has 0 aliphatic heterocycles.